The lowest BCUT2D eigenvalue weighted by Crippen LogP contribution is -2.12. The van der Waals surface area contributed by atoms with Crippen molar-refractivity contribution in [1.82, 2.24) is 0 Å². The molecule has 1 aliphatic rings. The van der Waals surface area contributed by atoms with Crippen molar-refractivity contribution in [2.24, 2.45) is 5.92 Å². The summed E-state index contributed by atoms with van der Waals surface area (Å²) in [5, 5.41) is 8.28. The van der Waals surface area contributed by atoms with Crippen LogP contribution in [0.3, 0.4) is 0 Å². The van der Waals surface area contributed by atoms with Crippen LogP contribution in [0.1, 0.15) is 26.7 Å². The number of carboxylic acid groups (broad SMARTS) is 1. The molecule has 1 fully saturated rings. The van der Waals surface area contributed by atoms with Crippen LogP contribution >= 0.6 is 0 Å². The summed E-state index contributed by atoms with van der Waals surface area (Å²) in [4.78, 5) is 20.7. The van der Waals surface area contributed by atoms with Crippen molar-refractivity contribution in [3.05, 3.63) is 0 Å². The number of esters is 1. The standard InChI is InChI=1S/C6H8O4.C2H6/c7-5(8)3-4-1-2-10-6(4)9;1-2/h4H,1-3H2,(H,7,8);1-2H3. The van der Waals surface area contributed by atoms with Gasteiger partial charge in [0.15, 0.2) is 0 Å². The van der Waals surface area contributed by atoms with E-state index >= 15 is 0 Å². The molecule has 1 aliphatic heterocycles. The van der Waals surface area contributed by atoms with E-state index in [1.165, 1.54) is 0 Å². The van der Waals surface area contributed by atoms with Gasteiger partial charge in [0.1, 0.15) is 0 Å². The summed E-state index contributed by atoms with van der Waals surface area (Å²) in [6.45, 7) is 4.37. The van der Waals surface area contributed by atoms with Gasteiger partial charge in [0.25, 0.3) is 0 Å². The Morgan fingerprint density at radius 1 is 1.67 bits per heavy atom. The molecule has 1 saturated heterocycles. The first kappa shape index (κ1) is 10.9. The second kappa shape index (κ2) is 5.57. The molecule has 0 aromatic carbocycles. The van der Waals surface area contributed by atoms with Crippen LogP contribution in [0.4, 0.5) is 0 Å². The third-order valence-electron chi connectivity index (χ3n) is 1.46. The number of hydrogen-bond acceptors (Lipinski definition) is 3. The van der Waals surface area contributed by atoms with Crippen LogP contribution in [0.25, 0.3) is 0 Å². The highest BCUT2D eigenvalue weighted by Gasteiger charge is 2.28. The molecule has 0 amide bonds. The summed E-state index contributed by atoms with van der Waals surface area (Å²) in [5.74, 6) is -1.72. The normalized spacial score (nSPS) is 20.8. The number of cyclic esters (lactones) is 1. The molecule has 0 radical (unpaired) electrons. The largest absolute Gasteiger partial charge is 0.481 e. The predicted molar refractivity (Wildman–Crippen MR) is 42.7 cm³/mol. The fourth-order valence-electron chi connectivity index (χ4n) is 0.934. The molecule has 4 nitrogen and oxygen atoms in total. The zero-order valence-electron chi connectivity index (χ0n) is 7.37. The van der Waals surface area contributed by atoms with E-state index < -0.39 is 11.9 Å². The van der Waals surface area contributed by atoms with Gasteiger partial charge in [0.05, 0.1) is 18.9 Å². The molecule has 4 heteroatoms. The molecule has 1 rings (SSSR count). The van der Waals surface area contributed by atoms with Crippen molar-refractivity contribution in [2.75, 3.05) is 6.61 Å². The van der Waals surface area contributed by atoms with Gasteiger partial charge in [-0.15, -0.1) is 0 Å². The molecular formula is C8H14O4. The summed E-state index contributed by atoms with van der Waals surface area (Å²) in [6.07, 6.45) is 0.448. The summed E-state index contributed by atoms with van der Waals surface area (Å²) in [7, 11) is 0. The van der Waals surface area contributed by atoms with E-state index in [2.05, 4.69) is 4.74 Å². The van der Waals surface area contributed by atoms with Gasteiger partial charge in [-0.1, -0.05) is 13.8 Å². The Labute approximate surface area is 71.5 Å². The number of carbonyl (C=O) groups is 2. The van der Waals surface area contributed by atoms with Crippen LogP contribution in [-0.2, 0) is 14.3 Å². The molecule has 70 valence electrons. The van der Waals surface area contributed by atoms with E-state index in [-0.39, 0.29) is 12.4 Å². The maximum atomic E-state index is 10.6. The van der Waals surface area contributed by atoms with Crippen LogP contribution in [-0.4, -0.2) is 23.7 Å². The van der Waals surface area contributed by atoms with Crippen molar-refractivity contribution in [3.8, 4) is 0 Å². The van der Waals surface area contributed by atoms with Crippen molar-refractivity contribution >= 4 is 11.9 Å². The Balaban J connectivity index is 0.000000561. The van der Waals surface area contributed by atoms with Crippen molar-refractivity contribution in [2.45, 2.75) is 26.7 Å². The number of hydrogen-bond donors (Lipinski definition) is 1. The van der Waals surface area contributed by atoms with Crippen LogP contribution in [0.15, 0.2) is 0 Å². The molecule has 0 aromatic heterocycles. The molecular weight excluding hydrogens is 160 g/mol. The quantitative estimate of drug-likeness (QED) is 0.635. The highest BCUT2D eigenvalue weighted by molar-refractivity contribution is 5.80. The van der Waals surface area contributed by atoms with E-state index in [0.717, 1.165) is 0 Å². The molecule has 0 saturated carbocycles. The molecule has 1 heterocycles. The zero-order valence-corrected chi connectivity index (χ0v) is 7.37. The van der Waals surface area contributed by atoms with E-state index in [1.807, 2.05) is 13.8 Å². The Bertz CT molecular complexity index is 164. The monoisotopic (exact) mass is 174 g/mol. The first-order valence-electron chi connectivity index (χ1n) is 4.08. The highest BCUT2D eigenvalue weighted by atomic mass is 16.5. The average molecular weight is 174 g/mol. The van der Waals surface area contributed by atoms with Crippen molar-refractivity contribution in [3.63, 3.8) is 0 Å². The predicted octanol–water partition coefficient (Wildman–Crippen LogP) is 1.05. The van der Waals surface area contributed by atoms with E-state index in [4.69, 9.17) is 5.11 Å². The fourth-order valence-corrected chi connectivity index (χ4v) is 0.934. The number of carbonyl (C=O) groups excluding carboxylic acids is 1. The van der Waals surface area contributed by atoms with Gasteiger partial charge < -0.3 is 9.84 Å². The molecule has 0 aliphatic carbocycles. The lowest BCUT2D eigenvalue weighted by Gasteiger charge is -1.97. The second-order valence-corrected chi connectivity index (χ2v) is 2.25. The highest BCUT2D eigenvalue weighted by Crippen LogP contribution is 2.17. The van der Waals surface area contributed by atoms with Gasteiger partial charge in [-0.2, -0.15) is 0 Å². The molecule has 0 spiro atoms. The first-order valence-corrected chi connectivity index (χ1v) is 4.08. The number of ether oxygens (including phenoxy) is 1. The van der Waals surface area contributed by atoms with Crippen molar-refractivity contribution in [1.29, 1.82) is 0 Å². The van der Waals surface area contributed by atoms with Gasteiger partial charge in [0, 0.05) is 0 Å². The molecule has 1 N–H and O–H groups in total. The van der Waals surface area contributed by atoms with Crippen LogP contribution in [0.5, 0.6) is 0 Å². The minimum atomic E-state index is -0.941. The number of carboxylic acids is 1. The maximum absolute atomic E-state index is 10.6. The number of rotatable bonds is 2. The summed E-state index contributed by atoms with van der Waals surface area (Å²) in [5.41, 5.74) is 0. The second-order valence-electron chi connectivity index (χ2n) is 2.25. The zero-order chi connectivity index (χ0) is 9.56. The molecule has 12 heavy (non-hydrogen) atoms. The Hall–Kier alpha value is -1.06. The summed E-state index contributed by atoms with van der Waals surface area (Å²) < 4.78 is 4.56. The summed E-state index contributed by atoms with van der Waals surface area (Å²) in [6, 6.07) is 0. The van der Waals surface area contributed by atoms with Gasteiger partial charge in [-0.3, -0.25) is 9.59 Å². The van der Waals surface area contributed by atoms with Gasteiger partial charge in [0.2, 0.25) is 0 Å². The van der Waals surface area contributed by atoms with Gasteiger partial charge in [-0.05, 0) is 6.42 Å². The molecule has 0 bridgehead atoms. The Kier molecular flexibility index (Phi) is 5.08. The molecule has 0 aromatic rings. The van der Waals surface area contributed by atoms with E-state index in [9.17, 15) is 9.59 Å². The first-order chi connectivity index (χ1) is 5.70. The van der Waals surface area contributed by atoms with Crippen LogP contribution < -0.4 is 0 Å². The van der Waals surface area contributed by atoms with Crippen LogP contribution in [0, 0.1) is 5.92 Å². The van der Waals surface area contributed by atoms with Crippen LogP contribution in [0.2, 0.25) is 0 Å². The molecule has 1 atom stereocenters. The maximum Gasteiger partial charge on any atom is 0.309 e. The minimum absolute atomic E-state index is 0.0984. The fraction of sp³-hybridized carbons (Fsp3) is 0.750. The third kappa shape index (κ3) is 3.37. The topological polar surface area (TPSA) is 63.6 Å². The SMILES string of the molecule is CC.O=C(O)CC1CCOC1=O. The van der Waals surface area contributed by atoms with E-state index in [0.29, 0.717) is 13.0 Å². The summed E-state index contributed by atoms with van der Waals surface area (Å²) >= 11 is 0. The minimum Gasteiger partial charge on any atom is -0.481 e. The molecule has 1 unspecified atom stereocenters. The third-order valence-corrected chi connectivity index (χ3v) is 1.46. The van der Waals surface area contributed by atoms with E-state index in [1.54, 1.807) is 0 Å². The Morgan fingerprint density at radius 2 is 2.25 bits per heavy atom. The van der Waals surface area contributed by atoms with Gasteiger partial charge >= 0.3 is 11.9 Å². The number of aliphatic carboxylic acids is 1. The Morgan fingerprint density at radius 3 is 2.58 bits per heavy atom. The lowest BCUT2D eigenvalue weighted by atomic mass is 10.1. The lowest BCUT2D eigenvalue weighted by molar-refractivity contribution is -0.146. The van der Waals surface area contributed by atoms with Crippen molar-refractivity contribution < 1.29 is 19.4 Å². The smallest absolute Gasteiger partial charge is 0.309 e. The average Bonchev–Trinajstić information content (AvgIpc) is 2.40. The van der Waals surface area contributed by atoms with Gasteiger partial charge in [-0.25, -0.2) is 0 Å².